The first kappa shape index (κ1) is 20.5. The summed E-state index contributed by atoms with van der Waals surface area (Å²) >= 11 is 2.02. The molecule has 1 radical (unpaired) electrons. The summed E-state index contributed by atoms with van der Waals surface area (Å²) in [7, 11) is 0. The van der Waals surface area contributed by atoms with E-state index in [4.69, 9.17) is 0 Å². The minimum atomic E-state index is 0. The predicted octanol–water partition coefficient (Wildman–Crippen LogP) is -2.79. The summed E-state index contributed by atoms with van der Waals surface area (Å²) in [4.78, 5) is 0. The van der Waals surface area contributed by atoms with E-state index in [2.05, 4.69) is 32.1 Å². The van der Waals surface area contributed by atoms with Crippen molar-refractivity contribution >= 4 is 11.8 Å². The average Bonchev–Trinajstić information content (AvgIpc) is 2.52. The van der Waals surface area contributed by atoms with Crippen molar-refractivity contribution in [2.75, 3.05) is 5.75 Å². The number of rotatable bonds is 4. The second kappa shape index (κ2) is 12.2. The second-order valence-electron chi connectivity index (χ2n) is 2.75. The first-order chi connectivity index (χ1) is 5.34. The summed E-state index contributed by atoms with van der Waals surface area (Å²) < 4.78 is 0. The maximum absolute atomic E-state index is 3.35. The van der Waals surface area contributed by atoms with Gasteiger partial charge in [0.15, 0.2) is 0 Å². The molecule has 0 heterocycles. The van der Waals surface area contributed by atoms with Crippen molar-refractivity contribution in [1.82, 2.24) is 0 Å². The minimum absolute atomic E-state index is 0. The molecule has 0 aromatic rings. The van der Waals surface area contributed by atoms with Crippen LogP contribution in [-0.2, 0) is 21.7 Å². The summed E-state index contributed by atoms with van der Waals surface area (Å²) in [5, 5.41) is 0.647. The van der Waals surface area contributed by atoms with Gasteiger partial charge in [-0.15, -0.1) is 6.42 Å². The first-order valence-electron chi connectivity index (χ1n) is 4.23. The Bertz CT molecular complexity index is 181. The molecular formula is C10H15Cl2STi. The van der Waals surface area contributed by atoms with Crippen LogP contribution in [0.15, 0.2) is 17.7 Å². The summed E-state index contributed by atoms with van der Waals surface area (Å²) in [6.45, 7) is 4.49. The van der Waals surface area contributed by atoms with E-state index in [0.717, 1.165) is 6.42 Å². The van der Waals surface area contributed by atoms with Crippen LogP contribution in [0.25, 0.3) is 0 Å². The van der Waals surface area contributed by atoms with Crippen molar-refractivity contribution in [2.45, 2.75) is 31.9 Å². The first-order valence-corrected chi connectivity index (χ1v) is 5.28. The molecule has 1 rings (SSSR count). The molecule has 0 bridgehead atoms. The van der Waals surface area contributed by atoms with E-state index >= 15 is 0 Å². The molecule has 0 aromatic carbocycles. The molecule has 0 aliphatic heterocycles. The zero-order valence-electron chi connectivity index (χ0n) is 8.52. The number of halogens is 2. The van der Waals surface area contributed by atoms with E-state index in [1.165, 1.54) is 17.7 Å². The van der Waals surface area contributed by atoms with E-state index < -0.39 is 0 Å². The zero-order chi connectivity index (χ0) is 8.10. The van der Waals surface area contributed by atoms with E-state index in [1.807, 2.05) is 11.8 Å². The largest absolute Gasteiger partial charge is 3.00 e. The number of hydrogen-bond acceptors (Lipinski definition) is 1. The SMILES string of the molecule is CCCSC(C)C1=[C-]CC=C1.[Cl-].[Cl-].[Ti+3]. The zero-order valence-corrected chi connectivity index (χ0v) is 12.4. The molecule has 0 amide bonds. The Balaban J connectivity index is -0.000000403. The van der Waals surface area contributed by atoms with Gasteiger partial charge in [0.1, 0.15) is 0 Å². The van der Waals surface area contributed by atoms with E-state index in [1.54, 1.807) is 0 Å². The smallest absolute Gasteiger partial charge is 1.00 e. The number of allylic oxidation sites excluding steroid dienone is 3. The molecule has 1 aliphatic carbocycles. The van der Waals surface area contributed by atoms with E-state index in [0.29, 0.717) is 5.25 Å². The topological polar surface area (TPSA) is 0 Å². The molecule has 1 unspecified atom stereocenters. The normalized spacial score (nSPS) is 14.6. The molecular weight excluding hydrogens is 271 g/mol. The van der Waals surface area contributed by atoms with Gasteiger partial charge in [0.25, 0.3) is 0 Å². The Kier molecular flexibility index (Phi) is 17.9. The van der Waals surface area contributed by atoms with Gasteiger partial charge in [0, 0.05) is 0 Å². The van der Waals surface area contributed by atoms with Gasteiger partial charge >= 0.3 is 21.7 Å². The Morgan fingerprint density at radius 3 is 2.57 bits per heavy atom. The molecule has 0 nitrogen and oxygen atoms in total. The van der Waals surface area contributed by atoms with Gasteiger partial charge in [-0.2, -0.15) is 17.8 Å². The van der Waals surface area contributed by atoms with Crippen LogP contribution < -0.4 is 24.8 Å². The third kappa shape index (κ3) is 7.42. The molecule has 0 spiro atoms. The molecule has 14 heavy (non-hydrogen) atoms. The van der Waals surface area contributed by atoms with Gasteiger partial charge in [0.05, 0.1) is 0 Å². The van der Waals surface area contributed by atoms with Crippen LogP contribution >= 0.6 is 11.8 Å². The van der Waals surface area contributed by atoms with Crippen LogP contribution in [0.5, 0.6) is 0 Å². The minimum Gasteiger partial charge on any atom is -1.00 e. The molecule has 0 saturated carbocycles. The van der Waals surface area contributed by atoms with Crippen LogP contribution in [0, 0.1) is 6.08 Å². The Morgan fingerprint density at radius 1 is 1.50 bits per heavy atom. The Morgan fingerprint density at radius 2 is 2.14 bits per heavy atom. The predicted molar refractivity (Wildman–Crippen MR) is 52.7 cm³/mol. The Hall–Kier alpha value is 1.12. The molecule has 0 fully saturated rings. The molecule has 0 N–H and O–H groups in total. The summed E-state index contributed by atoms with van der Waals surface area (Å²) in [6.07, 6.45) is 10.0. The van der Waals surface area contributed by atoms with Crippen LogP contribution in [0.4, 0.5) is 0 Å². The maximum Gasteiger partial charge on any atom is 3.00 e. The fraction of sp³-hybridized carbons (Fsp3) is 0.600. The summed E-state index contributed by atoms with van der Waals surface area (Å²) in [6, 6.07) is 0. The fourth-order valence-electron chi connectivity index (χ4n) is 1.09. The molecule has 1 aliphatic rings. The van der Waals surface area contributed by atoms with Gasteiger partial charge in [-0.3, -0.25) is 6.08 Å². The third-order valence-electron chi connectivity index (χ3n) is 1.73. The average molecular weight is 286 g/mol. The third-order valence-corrected chi connectivity index (χ3v) is 3.13. The van der Waals surface area contributed by atoms with Crippen molar-refractivity contribution in [3.8, 4) is 0 Å². The van der Waals surface area contributed by atoms with Gasteiger partial charge in [-0.05, 0) is 17.4 Å². The van der Waals surface area contributed by atoms with Crippen molar-refractivity contribution in [1.29, 1.82) is 0 Å². The van der Waals surface area contributed by atoms with Crippen molar-refractivity contribution in [3.05, 3.63) is 23.8 Å². The fourth-order valence-corrected chi connectivity index (χ4v) is 2.02. The number of thioether (sulfide) groups is 1. The quantitative estimate of drug-likeness (QED) is 0.398. The van der Waals surface area contributed by atoms with Crippen LogP contribution in [0.3, 0.4) is 0 Å². The molecule has 0 saturated heterocycles. The van der Waals surface area contributed by atoms with Gasteiger partial charge in [0.2, 0.25) is 0 Å². The molecule has 1 atom stereocenters. The maximum atomic E-state index is 3.35. The monoisotopic (exact) mass is 285 g/mol. The van der Waals surface area contributed by atoms with Crippen molar-refractivity contribution in [2.24, 2.45) is 0 Å². The van der Waals surface area contributed by atoms with Crippen LogP contribution in [-0.4, -0.2) is 11.0 Å². The van der Waals surface area contributed by atoms with Gasteiger partial charge < -0.3 is 24.8 Å². The van der Waals surface area contributed by atoms with Crippen molar-refractivity contribution < 1.29 is 46.5 Å². The Labute approximate surface area is 119 Å². The van der Waals surface area contributed by atoms with Crippen LogP contribution in [0.1, 0.15) is 26.7 Å². The van der Waals surface area contributed by atoms with Gasteiger partial charge in [-0.1, -0.05) is 13.8 Å². The van der Waals surface area contributed by atoms with Crippen molar-refractivity contribution in [3.63, 3.8) is 0 Å². The standard InChI is InChI=1S/C10H15S.2ClH.Ti/c1-3-8-11-9(2)10-6-4-5-7-10;;;/h4,6,9H,3,5,8H2,1-2H3;2*1H;/q-1;;;+3/p-2. The molecule has 0 aromatic heterocycles. The van der Waals surface area contributed by atoms with E-state index in [9.17, 15) is 0 Å². The molecule has 4 heteroatoms. The molecule has 79 valence electrons. The van der Waals surface area contributed by atoms with Gasteiger partial charge in [-0.25, -0.2) is 11.6 Å². The second-order valence-corrected chi connectivity index (χ2v) is 4.20. The summed E-state index contributed by atoms with van der Waals surface area (Å²) in [5.41, 5.74) is 1.39. The van der Waals surface area contributed by atoms with E-state index in [-0.39, 0.29) is 46.5 Å². The van der Waals surface area contributed by atoms with Crippen LogP contribution in [0.2, 0.25) is 0 Å². The summed E-state index contributed by atoms with van der Waals surface area (Å²) in [5.74, 6) is 1.26. The number of hydrogen-bond donors (Lipinski definition) is 0.